The highest BCUT2D eigenvalue weighted by Crippen LogP contribution is 2.41. The van der Waals surface area contributed by atoms with Crippen molar-refractivity contribution >= 4 is 44.1 Å². The molecular formula is C28H27N5O. The Balaban J connectivity index is 1.43. The zero-order chi connectivity index (χ0) is 22.9. The normalized spacial score (nSPS) is 15.2. The monoisotopic (exact) mass is 449 g/mol. The molecule has 1 N–H and O–H groups in total. The van der Waals surface area contributed by atoms with Crippen LogP contribution in [0.25, 0.3) is 32.7 Å². The Hall–Kier alpha value is -3.77. The van der Waals surface area contributed by atoms with Crippen molar-refractivity contribution in [3.63, 3.8) is 0 Å². The van der Waals surface area contributed by atoms with Gasteiger partial charge in [0.1, 0.15) is 5.69 Å². The van der Waals surface area contributed by atoms with Crippen LogP contribution >= 0.6 is 0 Å². The molecule has 1 aliphatic rings. The average molecular weight is 450 g/mol. The number of rotatable bonds is 5. The van der Waals surface area contributed by atoms with E-state index in [-0.39, 0.29) is 5.88 Å². The molecule has 5 aromatic rings. The van der Waals surface area contributed by atoms with Gasteiger partial charge in [-0.2, -0.15) is 0 Å². The van der Waals surface area contributed by atoms with E-state index >= 15 is 0 Å². The molecule has 0 amide bonds. The van der Waals surface area contributed by atoms with Gasteiger partial charge in [-0.3, -0.25) is 0 Å². The van der Waals surface area contributed by atoms with Gasteiger partial charge >= 0.3 is 0 Å². The van der Waals surface area contributed by atoms with E-state index in [9.17, 15) is 5.11 Å². The Kier molecular flexibility index (Phi) is 5.43. The maximum absolute atomic E-state index is 11.2. The molecule has 170 valence electrons. The molecule has 3 aromatic carbocycles. The number of hydrogen-bond donors (Lipinski definition) is 1. The molecule has 3 heterocycles. The molecule has 0 spiro atoms. The molecule has 0 atom stereocenters. The van der Waals surface area contributed by atoms with Crippen molar-refractivity contribution in [2.24, 2.45) is 10.2 Å². The minimum Gasteiger partial charge on any atom is -0.493 e. The Morgan fingerprint density at radius 3 is 1.97 bits per heavy atom. The SMILES string of the molecule is Oc1c(N=Nc2c3ccccc3nc3ccccc23)c2ccccc2n1CCN1CCCCC1. The fourth-order valence-electron chi connectivity index (χ4n) is 5.05. The summed E-state index contributed by atoms with van der Waals surface area (Å²) in [5, 5.41) is 23.4. The van der Waals surface area contributed by atoms with Crippen LogP contribution in [-0.4, -0.2) is 39.2 Å². The molecule has 0 unspecified atom stereocenters. The van der Waals surface area contributed by atoms with Crippen molar-refractivity contribution in [3.05, 3.63) is 72.8 Å². The molecular weight excluding hydrogens is 422 g/mol. The lowest BCUT2D eigenvalue weighted by Crippen LogP contribution is -2.32. The third kappa shape index (κ3) is 3.70. The number of pyridine rings is 1. The summed E-state index contributed by atoms with van der Waals surface area (Å²) in [5.74, 6) is 0.171. The van der Waals surface area contributed by atoms with Crippen molar-refractivity contribution in [1.82, 2.24) is 14.5 Å². The third-order valence-electron chi connectivity index (χ3n) is 6.82. The van der Waals surface area contributed by atoms with Gasteiger partial charge in [0.25, 0.3) is 0 Å². The number of nitrogens with zero attached hydrogens (tertiary/aromatic N) is 5. The molecule has 0 aliphatic carbocycles. The molecule has 6 nitrogen and oxygen atoms in total. The van der Waals surface area contributed by atoms with Gasteiger partial charge < -0.3 is 14.6 Å². The molecule has 2 aromatic heterocycles. The molecule has 1 fully saturated rings. The molecule has 1 saturated heterocycles. The van der Waals surface area contributed by atoms with E-state index in [2.05, 4.69) is 10.0 Å². The third-order valence-corrected chi connectivity index (χ3v) is 6.82. The highest BCUT2D eigenvalue weighted by Gasteiger charge is 2.18. The van der Waals surface area contributed by atoms with Crippen LogP contribution in [0.4, 0.5) is 11.4 Å². The van der Waals surface area contributed by atoms with Crippen LogP contribution in [0.2, 0.25) is 0 Å². The van der Waals surface area contributed by atoms with Gasteiger partial charge in [-0.25, -0.2) is 4.98 Å². The summed E-state index contributed by atoms with van der Waals surface area (Å²) in [5.41, 5.74) is 4.02. The second-order valence-electron chi connectivity index (χ2n) is 8.94. The van der Waals surface area contributed by atoms with Gasteiger partial charge in [0.05, 0.1) is 16.6 Å². The number of aromatic hydroxyl groups is 1. The molecule has 1 aliphatic heterocycles. The van der Waals surface area contributed by atoms with Crippen molar-refractivity contribution in [3.8, 4) is 5.88 Å². The van der Waals surface area contributed by atoms with E-state index in [4.69, 9.17) is 10.1 Å². The number of aromatic nitrogens is 2. The highest BCUT2D eigenvalue weighted by atomic mass is 16.3. The van der Waals surface area contributed by atoms with Gasteiger partial charge in [-0.1, -0.05) is 61.0 Å². The predicted octanol–water partition coefficient (Wildman–Crippen LogP) is 6.95. The highest BCUT2D eigenvalue weighted by molar-refractivity contribution is 6.06. The number of para-hydroxylation sites is 3. The summed E-state index contributed by atoms with van der Waals surface area (Å²) in [4.78, 5) is 7.25. The van der Waals surface area contributed by atoms with E-state index in [1.54, 1.807) is 0 Å². The van der Waals surface area contributed by atoms with Gasteiger partial charge in [0, 0.05) is 29.2 Å². The summed E-state index contributed by atoms with van der Waals surface area (Å²) < 4.78 is 1.97. The first-order chi connectivity index (χ1) is 16.8. The van der Waals surface area contributed by atoms with Crippen molar-refractivity contribution in [1.29, 1.82) is 0 Å². The molecule has 34 heavy (non-hydrogen) atoms. The van der Waals surface area contributed by atoms with Gasteiger partial charge in [0.2, 0.25) is 5.88 Å². The zero-order valence-electron chi connectivity index (χ0n) is 19.1. The molecule has 0 radical (unpaired) electrons. The smallest absolute Gasteiger partial charge is 0.220 e. The van der Waals surface area contributed by atoms with Crippen LogP contribution in [0, 0.1) is 0 Å². The van der Waals surface area contributed by atoms with Crippen LogP contribution in [0.5, 0.6) is 5.88 Å². The van der Waals surface area contributed by atoms with Crippen LogP contribution < -0.4 is 0 Å². The minimum absolute atomic E-state index is 0.171. The fraction of sp³-hybridized carbons (Fsp3) is 0.250. The zero-order valence-corrected chi connectivity index (χ0v) is 19.1. The maximum Gasteiger partial charge on any atom is 0.220 e. The predicted molar refractivity (Wildman–Crippen MR) is 137 cm³/mol. The van der Waals surface area contributed by atoms with Gasteiger partial charge in [0.15, 0.2) is 5.69 Å². The van der Waals surface area contributed by atoms with Crippen LogP contribution in [0.15, 0.2) is 83.0 Å². The van der Waals surface area contributed by atoms with Crippen LogP contribution in [0.3, 0.4) is 0 Å². The first-order valence-corrected chi connectivity index (χ1v) is 12.0. The molecule has 6 heteroatoms. The first kappa shape index (κ1) is 20.8. The van der Waals surface area contributed by atoms with E-state index in [0.717, 1.165) is 64.6 Å². The van der Waals surface area contributed by atoms with Crippen molar-refractivity contribution in [2.75, 3.05) is 19.6 Å². The topological polar surface area (TPSA) is 66.0 Å². The number of azo groups is 1. The van der Waals surface area contributed by atoms with E-state index in [1.165, 1.54) is 19.3 Å². The molecule has 0 saturated carbocycles. The fourth-order valence-corrected chi connectivity index (χ4v) is 5.05. The largest absolute Gasteiger partial charge is 0.493 e. The number of hydrogen-bond acceptors (Lipinski definition) is 5. The summed E-state index contributed by atoms with van der Waals surface area (Å²) >= 11 is 0. The standard InChI is InChI=1S/C28H27N5O/c34-28-27(22-12-4-7-15-25(22)33(28)19-18-32-16-8-1-9-17-32)31-30-26-20-10-2-5-13-23(20)29-24-14-6-3-11-21(24)26/h2-7,10-15,34H,1,8-9,16-19H2. The Labute approximate surface area is 198 Å². The molecule has 6 rings (SSSR count). The first-order valence-electron chi connectivity index (χ1n) is 12.0. The summed E-state index contributed by atoms with van der Waals surface area (Å²) in [6.45, 7) is 3.91. The van der Waals surface area contributed by atoms with Crippen LogP contribution in [-0.2, 0) is 6.54 Å². The van der Waals surface area contributed by atoms with Gasteiger partial charge in [-0.05, 0) is 44.1 Å². The lowest BCUT2D eigenvalue weighted by molar-refractivity contribution is 0.219. The lowest BCUT2D eigenvalue weighted by atomic mass is 10.1. The van der Waals surface area contributed by atoms with E-state index in [0.29, 0.717) is 5.69 Å². The Bertz CT molecular complexity index is 1460. The second kappa shape index (κ2) is 8.88. The summed E-state index contributed by atoms with van der Waals surface area (Å²) in [7, 11) is 0. The summed E-state index contributed by atoms with van der Waals surface area (Å²) in [6, 6.07) is 24.0. The number of likely N-dealkylation sites (tertiary alicyclic amines) is 1. The summed E-state index contributed by atoms with van der Waals surface area (Å²) in [6.07, 6.45) is 3.83. The number of piperidine rings is 1. The van der Waals surface area contributed by atoms with E-state index < -0.39 is 0 Å². The Morgan fingerprint density at radius 2 is 1.26 bits per heavy atom. The molecule has 0 bridgehead atoms. The second-order valence-corrected chi connectivity index (χ2v) is 8.94. The number of benzene rings is 3. The van der Waals surface area contributed by atoms with Crippen molar-refractivity contribution in [2.45, 2.75) is 25.8 Å². The van der Waals surface area contributed by atoms with Crippen LogP contribution in [0.1, 0.15) is 19.3 Å². The van der Waals surface area contributed by atoms with Crippen molar-refractivity contribution < 1.29 is 5.11 Å². The lowest BCUT2D eigenvalue weighted by Gasteiger charge is -2.26. The van der Waals surface area contributed by atoms with E-state index in [1.807, 2.05) is 77.4 Å². The maximum atomic E-state index is 11.2. The quantitative estimate of drug-likeness (QED) is 0.233. The van der Waals surface area contributed by atoms with Gasteiger partial charge in [-0.15, -0.1) is 10.2 Å². The average Bonchev–Trinajstić information content (AvgIpc) is 3.16. The minimum atomic E-state index is 0.171. The Morgan fingerprint density at radius 1 is 0.676 bits per heavy atom. The number of fused-ring (bicyclic) bond motifs is 3.